The zero-order valence-electron chi connectivity index (χ0n) is 18.5. The lowest BCUT2D eigenvalue weighted by Gasteiger charge is -2.33. The summed E-state index contributed by atoms with van der Waals surface area (Å²) in [6.45, 7) is 6.23. The van der Waals surface area contributed by atoms with Crippen LogP contribution in [-0.4, -0.2) is 28.9 Å². The van der Waals surface area contributed by atoms with Crippen molar-refractivity contribution < 1.29 is 4.79 Å². The Morgan fingerprint density at radius 3 is 2.59 bits per heavy atom. The monoisotopic (exact) mass is 515 g/mol. The van der Waals surface area contributed by atoms with Gasteiger partial charge in [-0.1, -0.05) is 24.6 Å². The first-order valence-corrected chi connectivity index (χ1v) is 11.9. The number of aromatic nitrogens is 2. The topological polar surface area (TPSA) is 62.2 Å². The molecule has 2 amide bonds. The largest absolute Gasteiger partial charge is 0.370 e. The zero-order chi connectivity index (χ0) is 22.8. The summed E-state index contributed by atoms with van der Waals surface area (Å²) >= 11 is 9.84. The Morgan fingerprint density at radius 1 is 1.16 bits per heavy atom. The molecule has 1 fully saturated rings. The molecule has 1 saturated heterocycles. The van der Waals surface area contributed by atoms with Crippen LogP contribution in [0.3, 0.4) is 0 Å². The Hall–Kier alpha value is -2.51. The van der Waals surface area contributed by atoms with Crippen LogP contribution in [-0.2, 0) is 7.05 Å². The number of carbonyl (C=O) groups excluding carboxylic acids is 1. The number of amides is 2. The minimum absolute atomic E-state index is 0.294. The van der Waals surface area contributed by atoms with E-state index in [1.54, 1.807) is 12.3 Å². The first-order chi connectivity index (χ1) is 15.3. The molecular weight excluding hydrogens is 490 g/mol. The normalized spacial score (nSPS) is 14.5. The molecule has 0 atom stereocenters. The van der Waals surface area contributed by atoms with Crippen molar-refractivity contribution in [3.05, 3.63) is 57.7 Å². The van der Waals surface area contributed by atoms with Crippen molar-refractivity contribution in [1.29, 1.82) is 0 Å². The quantitative estimate of drug-likeness (QED) is 0.406. The van der Waals surface area contributed by atoms with E-state index in [1.807, 2.05) is 49.0 Å². The molecule has 6 nitrogen and oxygen atoms in total. The lowest BCUT2D eigenvalue weighted by Crippen LogP contribution is -2.33. The van der Waals surface area contributed by atoms with Crippen LogP contribution in [0.25, 0.3) is 11.3 Å². The molecule has 0 spiro atoms. The van der Waals surface area contributed by atoms with Gasteiger partial charge in [-0.05, 0) is 77.5 Å². The third-order valence-corrected chi connectivity index (χ3v) is 6.79. The molecule has 4 rings (SSSR count). The standard InChI is InChI=1S/C24H27BrClN5O/c1-15-8-10-31(11-9-15)22-12-17(26)5-7-21(22)29-24(32)28-18-6-4-16(2)19(13-18)23-20(25)14-27-30(23)3/h4-7,12-15H,8-11H2,1-3H3,(H2,28,29,32). The van der Waals surface area contributed by atoms with Gasteiger partial charge in [-0.2, -0.15) is 5.10 Å². The smallest absolute Gasteiger partial charge is 0.323 e. The Balaban J connectivity index is 1.53. The SMILES string of the molecule is Cc1ccc(NC(=O)Nc2ccc(Cl)cc2N2CCC(C)CC2)cc1-c1c(Br)cnn1C. The third kappa shape index (κ3) is 4.94. The van der Waals surface area contributed by atoms with Crippen LogP contribution in [0.15, 0.2) is 47.1 Å². The van der Waals surface area contributed by atoms with Crippen molar-refractivity contribution >= 4 is 50.6 Å². The van der Waals surface area contributed by atoms with E-state index in [0.29, 0.717) is 10.7 Å². The van der Waals surface area contributed by atoms with Crippen LogP contribution in [0, 0.1) is 12.8 Å². The van der Waals surface area contributed by atoms with Gasteiger partial charge in [0.25, 0.3) is 0 Å². The van der Waals surface area contributed by atoms with Crippen LogP contribution in [0.5, 0.6) is 0 Å². The van der Waals surface area contributed by atoms with E-state index in [2.05, 4.69) is 43.5 Å². The molecule has 2 N–H and O–H groups in total. The van der Waals surface area contributed by atoms with E-state index in [4.69, 9.17) is 11.6 Å². The fraction of sp³-hybridized carbons (Fsp3) is 0.333. The molecule has 2 heterocycles. The Kier molecular flexibility index (Phi) is 6.76. The number of urea groups is 1. The summed E-state index contributed by atoms with van der Waals surface area (Å²) < 4.78 is 2.72. The van der Waals surface area contributed by atoms with Crippen molar-refractivity contribution in [3.8, 4) is 11.3 Å². The van der Waals surface area contributed by atoms with E-state index < -0.39 is 0 Å². The molecule has 1 aliphatic rings. The number of anilines is 3. The van der Waals surface area contributed by atoms with Gasteiger partial charge in [0, 0.05) is 36.4 Å². The second kappa shape index (κ2) is 9.55. The number of halogens is 2. The first-order valence-electron chi connectivity index (χ1n) is 10.7. The molecule has 0 radical (unpaired) electrons. The van der Waals surface area contributed by atoms with Gasteiger partial charge in [-0.25, -0.2) is 4.79 Å². The molecule has 8 heteroatoms. The minimum atomic E-state index is -0.294. The summed E-state index contributed by atoms with van der Waals surface area (Å²) in [5, 5.41) is 10.9. The predicted molar refractivity (Wildman–Crippen MR) is 136 cm³/mol. The van der Waals surface area contributed by atoms with Crippen molar-refractivity contribution in [1.82, 2.24) is 9.78 Å². The highest BCUT2D eigenvalue weighted by atomic mass is 79.9. The van der Waals surface area contributed by atoms with Crippen molar-refractivity contribution in [2.75, 3.05) is 28.6 Å². The highest BCUT2D eigenvalue weighted by Crippen LogP contribution is 2.34. The van der Waals surface area contributed by atoms with Gasteiger partial charge in [-0.3, -0.25) is 4.68 Å². The van der Waals surface area contributed by atoms with E-state index >= 15 is 0 Å². The van der Waals surface area contributed by atoms with Crippen LogP contribution in [0.1, 0.15) is 25.3 Å². The highest BCUT2D eigenvalue weighted by Gasteiger charge is 2.20. The third-order valence-electron chi connectivity index (χ3n) is 5.98. The second-order valence-corrected chi connectivity index (χ2v) is 9.70. The van der Waals surface area contributed by atoms with Crippen LogP contribution in [0.2, 0.25) is 5.02 Å². The van der Waals surface area contributed by atoms with Gasteiger partial charge < -0.3 is 15.5 Å². The van der Waals surface area contributed by atoms with Crippen molar-refractivity contribution in [2.45, 2.75) is 26.7 Å². The molecule has 2 aromatic carbocycles. The Bertz CT molecular complexity index is 1120. The first kappa shape index (κ1) is 22.7. The number of carbonyl (C=O) groups is 1. The number of piperidine rings is 1. The van der Waals surface area contributed by atoms with Gasteiger partial charge in [-0.15, -0.1) is 0 Å². The fourth-order valence-electron chi connectivity index (χ4n) is 4.07. The maximum Gasteiger partial charge on any atom is 0.323 e. The van der Waals surface area contributed by atoms with Crippen LogP contribution < -0.4 is 15.5 Å². The molecular formula is C24H27BrClN5O. The summed E-state index contributed by atoms with van der Waals surface area (Å²) in [6, 6.07) is 11.2. The van der Waals surface area contributed by atoms with Crippen molar-refractivity contribution in [3.63, 3.8) is 0 Å². The van der Waals surface area contributed by atoms with Gasteiger partial charge in [0.1, 0.15) is 0 Å². The predicted octanol–water partition coefficient (Wildman–Crippen LogP) is 6.69. The van der Waals surface area contributed by atoms with E-state index in [1.165, 1.54) is 0 Å². The molecule has 32 heavy (non-hydrogen) atoms. The molecule has 3 aromatic rings. The molecule has 0 saturated carbocycles. The maximum atomic E-state index is 12.9. The summed E-state index contributed by atoms with van der Waals surface area (Å²) in [4.78, 5) is 15.2. The maximum absolute atomic E-state index is 12.9. The number of hydrogen-bond acceptors (Lipinski definition) is 3. The molecule has 0 bridgehead atoms. The molecule has 168 valence electrons. The van der Waals surface area contributed by atoms with Gasteiger partial charge in [0.05, 0.1) is 27.7 Å². The average Bonchev–Trinajstić information content (AvgIpc) is 3.09. The molecule has 1 aromatic heterocycles. The van der Waals surface area contributed by atoms with Gasteiger partial charge >= 0.3 is 6.03 Å². The number of nitrogens with one attached hydrogen (secondary N) is 2. The summed E-state index contributed by atoms with van der Waals surface area (Å²) in [7, 11) is 1.90. The van der Waals surface area contributed by atoms with E-state index in [9.17, 15) is 4.79 Å². The number of benzene rings is 2. The van der Waals surface area contributed by atoms with Crippen molar-refractivity contribution in [2.24, 2.45) is 13.0 Å². The van der Waals surface area contributed by atoms with Crippen LogP contribution >= 0.6 is 27.5 Å². The summed E-state index contributed by atoms with van der Waals surface area (Å²) in [6.07, 6.45) is 4.03. The molecule has 1 aliphatic heterocycles. The second-order valence-electron chi connectivity index (χ2n) is 8.40. The lowest BCUT2D eigenvalue weighted by molar-refractivity contribution is 0.262. The zero-order valence-corrected chi connectivity index (χ0v) is 20.8. The number of aryl methyl sites for hydroxylation is 2. The Labute approximate surface area is 202 Å². The summed E-state index contributed by atoms with van der Waals surface area (Å²) in [5.41, 5.74) is 5.49. The Morgan fingerprint density at radius 2 is 1.91 bits per heavy atom. The van der Waals surface area contributed by atoms with Gasteiger partial charge in [0.15, 0.2) is 0 Å². The summed E-state index contributed by atoms with van der Waals surface area (Å²) in [5.74, 6) is 0.723. The molecule has 0 unspecified atom stereocenters. The van der Waals surface area contributed by atoms with Gasteiger partial charge in [0.2, 0.25) is 0 Å². The van der Waals surface area contributed by atoms with E-state index in [0.717, 1.165) is 64.5 Å². The minimum Gasteiger partial charge on any atom is -0.370 e. The highest BCUT2D eigenvalue weighted by molar-refractivity contribution is 9.10. The molecule has 0 aliphatic carbocycles. The number of hydrogen-bond donors (Lipinski definition) is 2. The average molecular weight is 517 g/mol. The fourth-order valence-corrected chi connectivity index (χ4v) is 4.80. The van der Waals surface area contributed by atoms with Crippen LogP contribution in [0.4, 0.5) is 21.9 Å². The van der Waals surface area contributed by atoms with E-state index in [-0.39, 0.29) is 6.03 Å². The number of rotatable bonds is 4. The number of nitrogens with zero attached hydrogens (tertiary/aromatic N) is 3. The lowest BCUT2D eigenvalue weighted by atomic mass is 9.98.